The van der Waals surface area contributed by atoms with Crippen LogP contribution < -0.4 is 0 Å². The number of nitro groups is 1. The van der Waals surface area contributed by atoms with Crippen LogP contribution in [0.5, 0.6) is 5.75 Å². The van der Waals surface area contributed by atoms with Crippen molar-refractivity contribution in [1.82, 2.24) is 4.98 Å². The molecule has 96 valence electrons. The number of aromatic nitrogens is 1. The van der Waals surface area contributed by atoms with Crippen molar-refractivity contribution in [2.75, 3.05) is 6.61 Å². The Labute approximate surface area is 102 Å². The van der Waals surface area contributed by atoms with Crippen molar-refractivity contribution in [1.29, 1.82) is 0 Å². The van der Waals surface area contributed by atoms with Crippen LogP contribution in [0.1, 0.15) is 6.92 Å². The smallest absolute Gasteiger partial charge is 0.296 e. The van der Waals surface area contributed by atoms with Gasteiger partial charge in [0.2, 0.25) is 0 Å². The van der Waals surface area contributed by atoms with Crippen molar-refractivity contribution in [3.63, 3.8) is 0 Å². The molecule has 0 aliphatic carbocycles. The van der Waals surface area contributed by atoms with Gasteiger partial charge in [0, 0.05) is 11.6 Å². The Morgan fingerprint density at radius 2 is 2.28 bits per heavy atom. The van der Waals surface area contributed by atoms with Crippen molar-refractivity contribution in [3.05, 3.63) is 34.5 Å². The first-order valence-electron chi connectivity index (χ1n) is 5.09. The molecule has 1 heterocycles. The van der Waals surface area contributed by atoms with Crippen LogP contribution >= 0.6 is 0 Å². The lowest BCUT2D eigenvalue weighted by atomic mass is 10.2. The summed E-state index contributed by atoms with van der Waals surface area (Å²) in [5, 5.41) is 20.3. The number of phenols is 1. The van der Waals surface area contributed by atoms with Gasteiger partial charge in [-0.3, -0.25) is 14.9 Å². The van der Waals surface area contributed by atoms with Crippen LogP contribution in [-0.2, 0) is 9.53 Å². The molecule has 0 saturated heterocycles. The maximum Gasteiger partial charge on any atom is 0.296 e. The molecule has 0 amide bonds. The van der Waals surface area contributed by atoms with Gasteiger partial charge in [-0.15, -0.1) is 0 Å². The molecule has 2 N–H and O–H groups in total. The van der Waals surface area contributed by atoms with Gasteiger partial charge in [0.15, 0.2) is 0 Å². The highest BCUT2D eigenvalue weighted by molar-refractivity contribution is 5.89. The lowest BCUT2D eigenvalue weighted by Gasteiger charge is -1.95. The molecule has 0 radical (unpaired) electrons. The highest BCUT2D eigenvalue weighted by Gasteiger charge is 2.13. The number of hydrogen-bond donors (Lipinski definition) is 2. The maximum atomic E-state index is 10.5. The Hall–Kier alpha value is -2.57. The van der Waals surface area contributed by atoms with Gasteiger partial charge >= 0.3 is 0 Å². The predicted molar refractivity (Wildman–Crippen MR) is 64.3 cm³/mol. The molecule has 2 rings (SSSR count). The summed E-state index contributed by atoms with van der Waals surface area (Å²) in [6, 6.07) is 4.26. The number of nitrogens with one attached hydrogen (secondary N) is 1. The molecule has 0 fully saturated rings. The van der Waals surface area contributed by atoms with Crippen LogP contribution in [0.3, 0.4) is 0 Å². The minimum absolute atomic E-state index is 0.0983. The number of rotatable bonds is 3. The van der Waals surface area contributed by atoms with Gasteiger partial charge in [0.1, 0.15) is 11.3 Å². The normalized spacial score (nSPS) is 9.39. The molecular formula is C11H12N2O5. The Morgan fingerprint density at radius 3 is 2.78 bits per heavy atom. The second kappa shape index (κ2) is 6.24. The highest BCUT2D eigenvalue weighted by atomic mass is 16.6. The zero-order valence-electron chi connectivity index (χ0n) is 9.62. The summed E-state index contributed by atoms with van der Waals surface area (Å²) < 4.78 is 4.15. The minimum Gasteiger partial charge on any atom is -0.508 e. The number of fused-ring (bicyclic) bond motifs is 1. The first kappa shape index (κ1) is 13.5. The quantitative estimate of drug-likeness (QED) is 0.493. The van der Waals surface area contributed by atoms with Gasteiger partial charge in [-0.25, -0.2) is 0 Å². The van der Waals surface area contributed by atoms with Crippen LogP contribution in [0, 0.1) is 10.1 Å². The molecule has 0 bridgehead atoms. The molecule has 1 aromatic heterocycles. The topological polar surface area (TPSA) is 105 Å². The number of carbonyl (C=O) groups is 1. The minimum atomic E-state index is -0.529. The van der Waals surface area contributed by atoms with E-state index in [9.17, 15) is 14.9 Å². The number of hydrogen-bond acceptors (Lipinski definition) is 5. The summed E-state index contributed by atoms with van der Waals surface area (Å²) in [6.07, 6.45) is 1.59. The van der Waals surface area contributed by atoms with Crippen molar-refractivity contribution < 1.29 is 19.6 Å². The fraction of sp³-hybridized carbons (Fsp3) is 0.182. The second-order valence-electron chi connectivity index (χ2n) is 3.22. The van der Waals surface area contributed by atoms with Gasteiger partial charge in [-0.1, -0.05) is 0 Å². The summed E-state index contributed by atoms with van der Waals surface area (Å²) in [6.45, 7) is 2.66. The van der Waals surface area contributed by atoms with Crippen LogP contribution in [0.2, 0.25) is 0 Å². The van der Waals surface area contributed by atoms with E-state index >= 15 is 0 Å². The SMILES string of the molecule is CCOC=O.O=[N+]([O-])c1cc(O)cc2cc[nH]c12. The number of nitro benzene ring substituents is 1. The van der Waals surface area contributed by atoms with Crippen LogP contribution in [-0.4, -0.2) is 28.1 Å². The third-order valence-corrected chi connectivity index (χ3v) is 2.05. The molecule has 0 aliphatic rings. The fourth-order valence-electron chi connectivity index (χ4n) is 1.35. The molecule has 0 saturated carbocycles. The monoisotopic (exact) mass is 252 g/mol. The van der Waals surface area contributed by atoms with Crippen LogP contribution in [0.25, 0.3) is 10.9 Å². The Bertz CT molecular complexity index is 549. The molecule has 0 spiro atoms. The lowest BCUT2D eigenvalue weighted by Crippen LogP contribution is -1.88. The third kappa shape index (κ3) is 3.21. The standard InChI is InChI=1S/C8H6N2O3.C3H6O2/c11-6-3-5-1-2-9-8(5)7(4-6)10(12)13;1-2-5-3-4/h1-4,9,11H;3H,2H2,1H3. The zero-order chi connectivity index (χ0) is 13.5. The number of H-pyrrole nitrogens is 1. The summed E-state index contributed by atoms with van der Waals surface area (Å²) in [7, 11) is 0. The fourth-order valence-corrected chi connectivity index (χ4v) is 1.35. The van der Waals surface area contributed by atoms with Crippen molar-refractivity contribution >= 4 is 23.1 Å². The molecule has 0 aliphatic heterocycles. The van der Waals surface area contributed by atoms with Crippen LogP contribution in [0.4, 0.5) is 5.69 Å². The number of benzene rings is 1. The highest BCUT2D eigenvalue weighted by Crippen LogP contribution is 2.28. The summed E-state index contributed by atoms with van der Waals surface area (Å²) >= 11 is 0. The summed E-state index contributed by atoms with van der Waals surface area (Å²) in [4.78, 5) is 21.9. The molecule has 18 heavy (non-hydrogen) atoms. The van der Waals surface area contributed by atoms with Crippen LogP contribution in [0.15, 0.2) is 24.4 Å². The number of nitrogens with zero attached hydrogens (tertiary/aromatic N) is 1. The van der Waals surface area contributed by atoms with Gasteiger partial charge < -0.3 is 14.8 Å². The molecule has 0 atom stereocenters. The number of aromatic hydroxyl groups is 1. The number of phenolic OH excluding ortho intramolecular Hbond substituents is 1. The van der Waals surface area contributed by atoms with Crippen molar-refractivity contribution in [3.8, 4) is 5.75 Å². The van der Waals surface area contributed by atoms with Gasteiger partial charge in [-0.2, -0.15) is 0 Å². The zero-order valence-corrected chi connectivity index (χ0v) is 9.62. The van der Waals surface area contributed by atoms with E-state index in [1.165, 1.54) is 6.07 Å². The van der Waals surface area contributed by atoms with E-state index in [0.717, 1.165) is 6.07 Å². The van der Waals surface area contributed by atoms with E-state index in [2.05, 4.69) is 9.72 Å². The van der Waals surface area contributed by atoms with E-state index in [4.69, 9.17) is 5.11 Å². The number of carbonyl (C=O) groups excluding carboxylic acids is 1. The summed E-state index contributed by atoms with van der Waals surface area (Å²) in [5.41, 5.74) is 0.322. The van der Waals surface area contributed by atoms with E-state index in [1.54, 1.807) is 19.2 Å². The Kier molecular flexibility index (Phi) is 4.67. The van der Waals surface area contributed by atoms with Gasteiger partial charge in [0.05, 0.1) is 17.6 Å². The largest absolute Gasteiger partial charge is 0.508 e. The number of aromatic amines is 1. The molecule has 7 nitrogen and oxygen atoms in total. The molecule has 7 heteroatoms. The third-order valence-electron chi connectivity index (χ3n) is 2.05. The Morgan fingerprint density at radius 1 is 1.56 bits per heavy atom. The maximum absolute atomic E-state index is 10.5. The van der Waals surface area contributed by atoms with Crippen molar-refractivity contribution in [2.24, 2.45) is 0 Å². The number of ether oxygens (including phenoxy) is 1. The van der Waals surface area contributed by atoms with Gasteiger partial charge in [-0.05, 0) is 19.1 Å². The first-order chi connectivity index (χ1) is 8.60. The summed E-state index contributed by atoms with van der Waals surface area (Å²) in [5.74, 6) is -0.0983. The first-order valence-corrected chi connectivity index (χ1v) is 5.09. The van der Waals surface area contributed by atoms with E-state index < -0.39 is 4.92 Å². The lowest BCUT2D eigenvalue weighted by molar-refractivity contribution is -0.383. The van der Waals surface area contributed by atoms with E-state index in [1.807, 2.05) is 0 Å². The van der Waals surface area contributed by atoms with E-state index in [-0.39, 0.29) is 11.4 Å². The molecule has 2 aromatic rings. The average molecular weight is 252 g/mol. The average Bonchev–Trinajstić information content (AvgIpc) is 2.77. The Balaban J connectivity index is 0.000000280. The second-order valence-corrected chi connectivity index (χ2v) is 3.22. The predicted octanol–water partition coefficient (Wildman–Crippen LogP) is 1.96. The molecular weight excluding hydrogens is 240 g/mol. The molecule has 0 unspecified atom stereocenters. The van der Waals surface area contributed by atoms with Crippen molar-refractivity contribution in [2.45, 2.75) is 6.92 Å². The van der Waals surface area contributed by atoms with E-state index in [0.29, 0.717) is 24.0 Å². The van der Waals surface area contributed by atoms with Gasteiger partial charge in [0.25, 0.3) is 12.2 Å². The number of non-ortho nitro benzene ring substituents is 1. The molecule has 1 aromatic carbocycles.